The van der Waals surface area contributed by atoms with Crippen molar-refractivity contribution in [3.8, 4) is 0 Å². The maximum atomic E-state index is 5.62. The summed E-state index contributed by atoms with van der Waals surface area (Å²) in [7, 11) is 0. The lowest BCUT2D eigenvalue weighted by molar-refractivity contribution is 0.810. The lowest BCUT2D eigenvalue weighted by atomic mass is 10.2. The Morgan fingerprint density at radius 3 is 2.26 bits per heavy atom. The Kier molecular flexibility index (Phi) is 5.36. The van der Waals surface area contributed by atoms with Crippen LogP contribution >= 0.6 is 31.9 Å². The highest BCUT2D eigenvalue weighted by molar-refractivity contribution is 9.10. The third kappa shape index (κ3) is 4.03. The Morgan fingerprint density at radius 1 is 1.00 bits per heavy atom. The standard InChI is InChI=1S/C14H15Br2N3/c15-11-2-5-13(6-3-11)19(9-1-8-17)14-7-4-12(16)10-18-14/h2-7,10H,1,8-9,17H2. The summed E-state index contributed by atoms with van der Waals surface area (Å²) in [5.74, 6) is 0.930. The fourth-order valence-corrected chi connectivity index (χ4v) is 2.27. The number of anilines is 2. The molecule has 0 spiro atoms. The van der Waals surface area contributed by atoms with Crippen molar-refractivity contribution in [3.05, 3.63) is 51.5 Å². The Balaban J connectivity index is 2.29. The largest absolute Gasteiger partial charge is 0.330 e. The van der Waals surface area contributed by atoms with Crippen molar-refractivity contribution in [2.45, 2.75) is 6.42 Å². The van der Waals surface area contributed by atoms with Gasteiger partial charge in [0, 0.05) is 27.4 Å². The number of pyridine rings is 1. The number of hydrogen-bond acceptors (Lipinski definition) is 3. The fourth-order valence-electron chi connectivity index (χ4n) is 1.77. The van der Waals surface area contributed by atoms with Gasteiger partial charge in [-0.1, -0.05) is 15.9 Å². The van der Waals surface area contributed by atoms with E-state index in [0.717, 1.165) is 33.4 Å². The zero-order valence-electron chi connectivity index (χ0n) is 10.4. The minimum absolute atomic E-state index is 0.670. The van der Waals surface area contributed by atoms with Gasteiger partial charge in [0.05, 0.1) is 0 Å². The monoisotopic (exact) mass is 383 g/mol. The number of hydrogen-bond donors (Lipinski definition) is 1. The summed E-state index contributed by atoms with van der Waals surface area (Å²) in [6.07, 6.45) is 2.73. The van der Waals surface area contributed by atoms with Crippen LogP contribution in [0.25, 0.3) is 0 Å². The van der Waals surface area contributed by atoms with Crippen LogP contribution in [0.3, 0.4) is 0 Å². The summed E-state index contributed by atoms with van der Waals surface area (Å²) in [4.78, 5) is 6.63. The Hall–Kier alpha value is -0.910. The predicted octanol–water partition coefficient (Wildman–Crippen LogP) is 4.09. The van der Waals surface area contributed by atoms with Crippen molar-refractivity contribution in [2.75, 3.05) is 18.0 Å². The van der Waals surface area contributed by atoms with E-state index in [2.05, 4.69) is 53.9 Å². The van der Waals surface area contributed by atoms with Gasteiger partial charge in [-0.05, 0) is 65.3 Å². The van der Waals surface area contributed by atoms with Crippen molar-refractivity contribution in [1.29, 1.82) is 0 Å². The lowest BCUT2D eigenvalue weighted by Gasteiger charge is -2.23. The maximum absolute atomic E-state index is 5.62. The average Bonchev–Trinajstić information content (AvgIpc) is 2.43. The first-order valence-corrected chi connectivity index (χ1v) is 7.64. The van der Waals surface area contributed by atoms with Crippen LogP contribution < -0.4 is 10.6 Å². The number of rotatable bonds is 5. The third-order valence-electron chi connectivity index (χ3n) is 2.71. The minimum Gasteiger partial charge on any atom is -0.330 e. The Labute approximate surface area is 130 Å². The van der Waals surface area contributed by atoms with Crippen molar-refractivity contribution < 1.29 is 0 Å². The van der Waals surface area contributed by atoms with Crippen LogP contribution in [0.5, 0.6) is 0 Å². The summed E-state index contributed by atoms with van der Waals surface area (Å²) in [5.41, 5.74) is 6.74. The Bertz CT molecular complexity index is 466. The van der Waals surface area contributed by atoms with Crippen LogP contribution in [-0.4, -0.2) is 18.1 Å². The molecule has 19 heavy (non-hydrogen) atoms. The highest BCUT2D eigenvalue weighted by atomic mass is 79.9. The topological polar surface area (TPSA) is 42.1 Å². The second-order valence-corrected chi connectivity index (χ2v) is 5.94. The van der Waals surface area contributed by atoms with Crippen LogP contribution in [0.1, 0.15) is 6.42 Å². The molecule has 0 saturated carbocycles. The normalized spacial score (nSPS) is 10.5. The number of aromatic nitrogens is 1. The van der Waals surface area contributed by atoms with Gasteiger partial charge in [0.2, 0.25) is 0 Å². The first-order valence-electron chi connectivity index (χ1n) is 6.05. The molecule has 0 fully saturated rings. The molecule has 0 amide bonds. The van der Waals surface area contributed by atoms with Gasteiger partial charge in [0.1, 0.15) is 5.82 Å². The predicted molar refractivity (Wildman–Crippen MR) is 86.8 cm³/mol. The van der Waals surface area contributed by atoms with Crippen LogP contribution in [0.15, 0.2) is 51.5 Å². The van der Waals surface area contributed by atoms with Gasteiger partial charge in [-0.2, -0.15) is 0 Å². The molecule has 0 saturated heterocycles. The molecule has 0 aliphatic heterocycles. The second kappa shape index (κ2) is 7.03. The third-order valence-corrected chi connectivity index (χ3v) is 3.71. The summed E-state index contributed by atoms with van der Waals surface area (Å²) in [6.45, 7) is 1.52. The molecule has 2 N–H and O–H groups in total. The van der Waals surface area contributed by atoms with Crippen molar-refractivity contribution in [3.63, 3.8) is 0 Å². The highest BCUT2D eigenvalue weighted by Gasteiger charge is 2.09. The van der Waals surface area contributed by atoms with E-state index in [-0.39, 0.29) is 0 Å². The van der Waals surface area contributed by atoms with Crippen molar-refractivity contribution in [2.24, 2.45) is 5.73 Å². The molecule has 2 aromatic rings. The summed E-state index contributed by atoms with van der Waals surface area (Å²) >= 11 is 6.86. The van der Waals surface area contributed by atoms with E-state index in [1.54, 1.807) is 0 Å². The van der Waals surface area contributed by atoms with Crippen molar-refractivity contribution in [1.82, 2.24) is 4.98 Å². The molecular formula is C14H15Br2N3. The first-order chi connectivity index (χ1) is 9.20. The van der Waals surface area contributed by atoms with Crippen molar-refractivity contribution >= 4 is 43.4 Å². The van der Waals surface area contributed by atoms with Crippen LogP contribution in [0.4, 0.5) is 11.5 Å². The van der Waals surface area contributed by atoms with E-state index in [4.69, 9.17) is 5.73 Å². The maximum Gasteiger partial charge on any atom is 0.132 e. The minimum atomic E-state index is 0.670. The molecule has 3 nitrogen and oxygen atoms in total. The van der Waals surface area contributed by atoms with Gasteiger partial charge in [0.15, 0.2) is 0 Å². The van der Waals surface area contributed by atoms with E-state index in [9.17, 15) is 0 Å². The van der Waals surface area contributed by atoms with E-state index in [0.29, 0.717) is 6.54 Å². The molecule has 1 heterocycles. The summed E-state index contributed by atoms with van der Waals surface area (Å²) in [5, 5.41) is 0. The van der Waals surface area contributed by atoms with E-state index >= 15 is 0 Å². The van der Waals surface area contributed by atoms with Crippen LogP contribution in [0, 0.1) is 0 Å². The molecule has 0 atom stereocenters. The van der Waals surface area contributed by atoms with E-state index < -0.39 is 0 Å². The molecule has 0 radical (unpaired) electrons. The van der Waals surface area contributed by atoms with Gasteiger partial charge < -0.3 is 10.6 Å². The number of benzene rings is 1. The zero-order valence-corrected chi connectivity index (χ0v) is 13.6. The summed E-state index contributed by atoms with van der Waals surface area (Å²) in [6, 6.07) is 12.2. The van der Waals surface area contributed by atoms with E-state index in [1.165, 1.54) is 0 Å². The highest BCUT2D eigenvalue weighted by Crippen LogP contribution is 2.26. The molecule has 0 bridgehead atoms. The molecule has 1 aromatic carbocycles. The zero-order chi connectivity index (χ0) is 13.7. The SMILES string of the molecule is NCCCN(c1ccc(Br)cc1)c1ccc(Br)cn1. The number of halogens is 2. The molecule has 1 aromatic heterocycles. The van der Waals surface area contributed by atoms with Gasteiger partial charge in [-0.15, -0.1) is 0 Å². The van der Waals surface area contributed by atoms with Crippen LogP contribution in [-0.2, 0) is 0 Å². The molecule has 0 aliphatic rings. The number of nitrogens with zero attached hydrogens (tertiary/aromatic N) is 2. The van der Waals surface area contributed by atoms with Gasteiger partial charge >= 0.3 is 0 Å². The average molecular weight is 385 g/mol. The second-order valence-electron chi connectivity index (χ2n) is 4.10. The molecule has 5 heteroatoms. The van der Waals surface area contributed by atoms with Gasteiger partial charge in [-0.3, -0.25) is 0 Å². The molecule has 0 aliphatic carbocycles. The molecule has 2 rings (SSSR count). The Morgan fingerprint density at radius 2 is 1.68 bits per heavy atom. The fraction of sp³-hybridized carbons (Fsp3) is 0.214. The smallest absolute Gasteiger partial charge is 0.132 e. The molecular weight excluding hydrogens is 370 g/mol. The first kappa shape index (κ1) is 14.5. The number of nitrogens with two attached hydrogens (primary N) is 1. The molecule has 100 valence electrons. The lowest BCUT2D eigenvalue weighted by Crippen LogP contribution is -2.21. The quantitative estimate of drug-likeness (QED) is 0.843. The van der Waals surface area contributed by atoms with Crippen LogP contribution in [0.2, 0.25) is 0 Å². The molecule has 0 unspecified atom stereocenters. The van der Waals surface area contributed by atoms with Gasteiger partial charge in [0.25, 0.3) is 0 Å². The summed E-state index contributed by atoms with van der Waals surface area (Å²) < 4.78 is 2.05. The van der Waals surface area contributed by atoms with E-state index in [1.807, 2.05) is 30.5 Å². The van der Waals surface area contributed by atoms with Gasteiger partial charge in [-0.25, -0.2) is 4.98 Å².